The molecule has 0 aliphatic carbocycles. The van der Waals surface area contributed by atoms with Crippen LogP contribution in [0.5, 0.6) is 0 Å². The van der Waals surface area contributed by atoms with Crippen LogP contribution in [0, 0.1) is 0 Å². The number of nitrogens with zero attached hydrogens (tertiary/aromatic N) is 1. The van der Waals surface area contributed by atoms with Crippen LogP contribution in [-0.2, 0) is 14.3 Å². The van der Waals surface area contributed by atoms with Crippen LogP contribution in [0.2, 0.25) is 0 Å². The highest BCUT2D eigenvalue weighted by molar-refractivity contribution is 5.96. The molecule has 0 saturated carbocycles. The molecule has 2 unspecified atom stereocenters. The van der Waals surface area contributed by atoms with Crippen LogP contribution in [-0.4, -0.2) is 53.6 Å². The van der Waals surface area contributed by atoms with Gasteiger partial charge in [0.1, 0.15) is 5.78 Å². The highest BCUT2D eigenvalue weighted by Crippen LogP contribution is 2.11. The second-order valence-electron chi connectivity index (χ2n) is 3.93. The molecule has 0 spiro atoms. The van der Waals surface area contributed by atoms with Crippen molar-refractivity contribution in [1.29, 1.82) is 0 Å². The van der Waals surface area contributed by atoms with Crippen molar-refractivity contribution < 1.29 is 19.4 Å². The standard InChI is InChI=1S/C10H17NO4/c1-7(13)3-10(14)11-4-8(2)15-9(5-11)6-12/h8-9,12H,3-6H2,1-2H3. The van der Waals surface area contributed by atoms with Gasteiger partial charge < -0.3 is 14.7 Å². The molecule has 0 aromatic carbocycles. The first-order valence-corrected chi connectivity index (χ1v) is 5.06. The Labute approximate surface area is 89.0 Å². The van der Waals surface area contributed by atoms with E-state index in [1.807, 2.05) is 6.92 Å². The molecule has 1 fully saturated rings. The molecule has 1 amide bonds. The van der Waals surface area contributed by atoms with Crippen LogP contribution in [0.3, 0.4) is 0 Å². The van der Waals surface area contributed by atoms with Gasteiger partial charge in [0.05, 0.1) is 25.2 Å². The first kappa shape index (κ1) is 12.1. The van der Waals surface area contributed by atoms with Gasteiger partial charge in [-0.15, -0.1) is 0 Å². The lowest BCUT2D eigenvalue weighted by Gasteiger charge is -2.36. The third-order valence-electron chi connectivity index (χ3n) is 2.28. The van der Waals surface area contributed by atoms with Gasteiger partial charge in [-0.25, -0.2) is 0 Å². The summed E-state index contributed by atoms with van der Waals surface area (Å²) in [6.45, 7) is 3.99. The quantitative estimate of drug-likeness (QED) is 0.649. The maximum absolute atomic E-state index is 11.6. The summed E-state index contributed by atoms with van der Waals surface area (Å²) in [4.78, 5) is 24.0. The number of morpholine rings is 1. The van der Waals surface area contributed by atoms with E-state index < -0.39 is 0 Å². The van der Waals surface area contributed by atoms with Gasteiger partial charge >= 0.3 is 0 Å². The van der Waals surface area contributed by atoms with E-state index in [0.717, 1.165) is 0 Å². The molecule has 0 bridgehead atoms. The highest BCUT2D eigenvalue weighted by atomic mass is 16.5. The number of ketones is 1. The summed E-state index contributed by atoms with van der Waals surface area (Å²) in [5, 5.41) is 8.96. The number of aliphatic hydroxyl groups excluding tert-OH is 1. The molecule has 0 radical (unpaired) electrons. The minimum Gasteiger partial charge on any atom is -0.394 e. The average Bonchev–Trinajstić information content (AvgIpc) is 2.15. The van der Waals surface area contributed by atoms with Crippen molar-refractivity contribution in [1.82, 2.24) is 4.90 Å². The zero-order chi connectivity index (χ0) is 11.4. The summed E-state index contributed by atoms with van der Waals surface area (Å²) < 4.78 is 5.39. The van der Waals surface area contributed by atoms with Crippen molar-refractivity contribution in [3.05, 3.63) is 0 Å². The van der Waals surface area contributed by atoms with Crippen LogP contribution in [0.25, 0.3) is 0 Å². The average molecular weight is 215 g/mol. The fourth-order valence-electron chi connectivity index (χ4n) is 1.67. The lowest BCUT2D eigenvalue weighted by atomic mass is 10.2. The molecule has 2 atom stereocenters. The van der Waals surface area contributed by atoms with Crippen LogP contribution in [0.1, 0.15) is 20.3 Å². The molecule has 1 rings (SSSR count). The monoisotopic (exact) mass is 215 g/mol. The van der Waals surface area contributed by atoms with E-state index in [0.29, 0.717) is 13.1 Å². The van der Waals surface area contributed by atoms with Gasteiger partial charge in [0.15, 0.2) is 0 Å². The summed E-state index contributed by atoms with van der Waals surface area (Å²) in [7, 11) is 0. The molecule has 0 aromatic heterocycles. The van der Waals surface area contributed by atoms with E-state index in [1.54, 1.807) is 4.90 Å². The lowest BCUT2D eigenvalue weighted by Crippen LogP contribution is -2.50. The lowest BCUT2D eigenvalue weighted by molar-refractivity contribution is -0.148. The maximum atomic E-state index is 11.6. The van der Waals surface area contributed by atoms with E-state index in [9.17, 15) is 9.59 Å². The topological polar surface area (TPSA) is 66.8 Å². The molecular formula is C10H17NO4. The van der Waals surface area contributed by atoms with E-state index in [-0.39, 0.29) is 36.9 Å². The number of carbonyl (C=O) groups excluding carboxylic acids is 2. The second kappa shape index (κ2) is 5.23. The molecule has 0 aromatic rings. The van der Waals surface area contributed by atoms with Crippen molar-refractivity contribution in [2.45, 2.75) is 32.5 Å². The Bertz CT molecular complexity index is 254. The van der Waals surface area contributed by atoms with Gasteiger partial charge in [-0.1, -0.05) is 0 Å². The Hall–Kier alpha value is -0.940. The predicted molar refractivity (Wildman–Crippen MR) is 53.3 cm³/mol. The first-order valence-electron chi connectivity index (χ1n) is 5.06. The zero-order valence-electron chi connectivity index (χ0n) is 9.10. The molecule has 86 valence electrons. The number of aliphatic hydroxyl groups is 1. The number of rotatable bonds is 3. The maximum Gasteiger partial charge on any atom is 0.230 e. The largest absolute Gasteiger partial charge is 0.394 e. The number of Topliss-reactive ketones (excluding diaryl/α,β-unsaturated/α-hetero) is 1. The first-order chi connectivity index (χ1) is 7.02. The van der Waals surface area contributed by atoms with E-state index in [4.69, 9.17) is 9.84 Å². The van der Waals surface area contributed by atoms with Gasteiger partial charge in [-0.2, -0.15) is 0 Å². The molecule has 1 aliphatic heterocycles. The van der Waals surface area contributed by atoms with Crippen LogP contribution in [0.15, 0.2) is 0 Å². The van der Waals surface area contributed by atoms with Gasteiger partial charge in [0.25, 0.3) is 0 Å². The Morgan fingerprint density at radius 3 is 2.67 bits per heavy atom. The number of hydrogen-bond donors (Lipinski definition) is 1. The van der Waals surface area contributed by atoms with Gasteiger partial charge in [0, 0.05) is 13.1 Å². The third-order valence-corrected chi connectivity index (χ3v) is 2.28. The normalized spacial score (nSPS) is 26.5. The summed E-state index contributed by atoms with van der Waals surface area (Å²) in [6.07, 6.45) is -0.485. The molecule has 15 heavy (non-hydrogen) atoms. The minimum absolute atomic E-state index is 0.0646. The SMILES string of the molecule is CC(=O)CC(=O)N1CC(C)OC(CO)C1. The summed E-state index contributed by atoms with van der Waals surface area (Å²) in [5.74, 6) is -0.323. The van der Waals surface area contributed by atoms with Crippen molar-refractivity contribution in [3.63, 3.8) is 0 Å². The van der Waals surface area contributed by atoms with Crippen LogP contribution < -0.4 is 0 Å². The Balaban J connectivity index is 2.53. The highest BCUT2D eigenvalue weighted by Gasteiger charge is 2.28. The Morgan fingerprint density at radius 1 is 1.47 bits per heavy atom. The molecule has 1 heterocycles. The Kier molecular flexibility index (Phi) is 4.23. The van der Waals surface area contributed by atoms with Crippen LogP contribution in [0.4, 0.5) is 0 Å². The number of carbonyl (C=O) groups is 2. The van der Waals surface area contributed by atoms with Crippen LogP contribution >= 0.6 is 0 Å². The molecule has 1 N–H and O–H groups in total. The van der Waals surface area contributed by atoms with E-state index in [1.165, 1.54) is 6.92 Å². The number of amides is 1. The van der Waals surface area contributed by atoms with Crippen molar-refractivity contribution >= 4 is 11.7 Å². The van der Waals surface area contributed by atoms with E-state index in [2.05, 4.69) is 0 Å². The predicted octanol–water partition coefficient (Wildman–Crippen LogP) is -0.426. The molecule has 5 heteroatoms. The summed E-state index contributed by atoms with van der Waals surface area (Å²) in [5.41, 5.74) is 0. The number of hydrogen-bond acceptors (Lipinski definition) is 4. The molecule has 1 saturated heterocycles. The van der Waals surface area contributed by atoms with Gasteiger partial charge in [-0.05, 0) is 13.8 Å². The molecular weight excluding hydrogens is 198 g/mol. The van der Waals surface area contributed by atoms with Gasteiger partial charge in [-0.3, -0.25) is 9.59 Å². The van der Waals surface area contributed by atoms with Crippen molar-refractivity contribution in [3.8, 4) is 0 Å². The van der Waals surface area contributed by atoms with E-state index >= 15 is 0 Å². The van der Waals surface area contributed by atoms with Gasteiger partial charge in [0.2, 0.25) is 5.91 Å². The fraction of sp³-hybridized carbons (Fsp3) is 0.800. The minimum atomic E-state index is -0.329. The third kappa shape index (κ3) is 3.60. The zero-order valence-corrected chi connectivity index (χ0v) is 9.10. The number of ether oxygens (including phenoxy) is 1. The second-order valence-corrected chi connectivity index (χ2v) is 3.93. The summed E-state index contributed by atoms with van der Waals surface area (Å²) >= 11 is 0. The molecule has 1 aliphatic rings. The van der Waals surface area contributed by atoms with Crippen molar-refractivity contribution in [2.24, 2.45) is 0 Å². The Morgan fingerprint density at radius 2 is 2.13 bits per heavy atom. The van der Waals surface area contributed by atoms with Crippen molar-refractivity contribution in [2.75, 3.05) is 19.7 Å². The molecule has 5 nitrogen and oxygen atoms in total. The smallest absolute Gasteiger partial charge is 0.230 e. The summed E-state index contributed by atoms with van der Waals surface area (Å²) in [6, 6.07) is 0. The fourth-order valence-corrected chi connectivity index (χ4v) is 1.67.